The molecule has 1 unspecified atom stereocenters. The number of halogens is 9. The molecule has 0 saturated heterocycles. The van der Waals surface area contributed by atoms with Gasteiger partial charge in [0.1, 0.15) is 0 Å². The van der Waals surface area contributed by atoms with Crippen molar-refractivity contribution in [3.63, 3.8) is 0 Å². The van der Waals surface area contributed by atoms with Gasteiger partial charge in [-0.2, -0.15) is 39.5 Å². The zero-order valence-electron chi connectivity index (χ0n) is 9.84. The Morgan fingerprint density at radius 2 is 1.26 bits per heavy atom. The van der Waals surface area contributed by atoms with Crippen LogP contribution in [0.2, 0.25) is 0 Å². The van der Waals surface area contributed by atoms with E-state index in [4.69, 9.17) is 0 Å². The first-order chi connectivity index (χ1) is 8.21. The van der Waals surface area contributed by atoms with Gasteiger partial charge >= 0.3 is 18.5 Å². The fraction of sp³-hybridized carbons (Fsp3) is 0.800. The summed E-state index contributed by atoms with van der Waals surface area (Å²) in [5, 5.41) is 0. The van der Waals surface area contributed by atoms with Gasteiger partial charge in [-0.15, -0.1) is 0 Å². The maximum atomic E-state index is 12.5. The Kier molecular flexibility index (Phi) is 5.36. The molecule has 0 aromatic heterocycles. The molecule has 0 fully saturated rings. The lowest BCUT2D eigenvalue weighted by atomic mass is 9.92. The molecule has 0 nitrogen and oxygen atoms in total. The quantitative estimate of drug-likeness (QED) is 0.492. The van der Waals surface area contributed by atoms with Crippen LogP contribution in [-0.2, 0) is 0 Å². The molecule has 1 atom stereocenters. The molecule has 0 amide bonds. The van der Waals surface area contributed by atoms with E-state index < -0.39 is 35.9 Å². The molecule has 0 aliphatic carbocycles. The second kappa shape index (κ2) is 5.62. The Hall–Kier alpha value is -0.890. The highest BCUT2D eigenvalue weighted by atomic mass is 19.4. The van der Waals surface area contributed by atoms with E-state index in [2.05, 4.69) is 0 Å². The molecular weight excluding hydrogens is 291 g/mol. The van der Waals surface area contributed by atoms with Crippen LogP contribution in [0.4, 0.5) is 39.5 Å². The third-order valence-electron chi connectivity index (χ3n) is 2.40. The van der Waals surface area contributed by atoms with Crippen molar-refractivity contribution in [3.05, 3.63) is 11.6 Å². The van der Waals surface area contributed by atoms with Crippen molar-refractivity contribution in [2.24, 2.45) is 11.8 Å². The van der Waals surface area contributed by atoms with Gasteiger partial charge in [-0.3, -0.25) is 0 Å². The van der Waals surface area contributed by atoms with Gasteiger partial charge in [0.05, 0.1) is 5.57 Å². The van der Waals surface area contributed by atoms with Gasteiger partial charge in [0.15, 0.2) is 5.92 Å². The van der Waals surface area contributed by atoms with Crippen LogP contribution in [0.5, 0.6) is 0 Å². The first kappa shape index (κ1) is 18.1. The maximum Gasteiger partial charge on any atom is 0.413 e. The summed E-state index contributed by atoms with van der Waals surface area (Å²) in [5.41, 5.74) is -2.61. The zero-order valence-corrected chi connectivity index (χ0v) is 9.84. The summed E-state index contributed by atoms with van der Waals surface area (Å²) in [6, 6.07) is 0. The second-order valence-electron chi connectivity index (χ2n) is 4.02. The predicted molar refractivity (Wildman–Crippen MR) is 49.2 cm³/mol. The third kappa shape index (κ3) is 5.32. The Bertz CT molecular complexity index is 303. The summed E-state index contributed by atoms with van der Waals surface area (Å²) in [4.78, 5) is 0. The minimum atomic E-state index is -6.05. The highest BCUT2D eigenvalue weighted by Crippen LogP contribution is 2.49. The van der Waals surface area contributed by atoms with E-state index in [0.717, 1.165) is 6.92 Å². The number of allylic oxidation sites excluding steroid dienone is 2. The third-order valence-corrected chi connectivity index (χ3v) is 2.40. The van der Waals surface area contributed by atoms with E-state index >= 15 is 0 Å². The zero-order chi connectivity index (χ0) is 15.6. The molecule has 0 saturated carbocycles. The summed E-state index contributed by atoms with van der Waals surface area (Å²) in [7, 11) is 0. The van der Waals surface area contributed by atoms with Gasteiger partial charge in [-0.25, -0.2) is 0 Å². The minimum absolute atomic E-state index is 0.00829. The molecule has 19 heavy (non-hydrogen) atoms. The summed E-state index contributed by atoms with van der Waals surface area (Å²) in [6.07, 6.45) is -17.8. The van der Waals surface area contributed by atoms with E-state index in [1.165, 1.54) is 6.92 Å². The van der Waals surface area contributed by atoms with E-state index in [0.29, 0.717) is 0 Å². The predicted octanol–water partition coefficient (Wildman–Crippen LogP) is 5.26. The van der Waals surface area contributed by atoms with Crippen molar-refractivity contribution < 1.29 is 39.5 Å². The molecule has 114 valence electrons. The largest absolute Gasteiger partial charge is 0.413 e. The molecule has 0 bridgehead atoms. The van der Waals surface area contributed by atoms with Gasteiger partial charge in [0.25, 0.3) is 0 Å². The molecule has 0 heterocycles. The molecular formula is C10H11F9. The van der Waals surface area contributed by atoms with Crippen molar-refractivity contribution in [1.29, 1.82) is 0 Å². The summed E-state index contributed by atoms with van der Waals surface area (Å²) < 4.78 is 111. The summed E-state index contributed by atoms with van der Waals surface area (Å²) in [6.45, 7) is 2.46. The van der Waals surface area contributed by atoms with Crippen LogP contribution in [-0.4, -0.2) is 18.5 Å². The second-order valence-corrected chi connectivity index (χ2v) is 4.02. The molecule has 0 radical (unpaired) electrons. The fourth-order valence-electron chi connectivity index (χ4n) is 1.32. The Morgan fingerprint density at radius 3 is 1.47 bits per heavy atom. The average Bonchev–Trinajstić information content (AvgIpc) is 2.10. The maximum absolute atomic E-state index is 12.5. The van der Waals surface area contributed by atoms with Crippen molar-refractivity contribution in [2.45, 2.75) is 38.8 Å². The van der Waals surface area contributed by atoms with Crippen LogP contribution >= 0.6 is 0 Å². The van der Waals surface area contributed by atoms with Crippen molar-refractivity contribution in [1.82, 2.24) is 0 Å². The molecule has 0 aliphatic rings. The normalized spacial score (nSPS) is 16.9. The van der Waals surface area contributed by atoms with E-state index in [-0.39, 0.29) is 12.5 Å². The fourth-order valence-corrected chi connectivity index (χ4v) is 1.32. The Balaban J connectivity index is 5.88. The smallest absolute Gasteiger partial charge is 0.170 e. The highest BCUT2D eigenvalue weighted by Gasteiger charge is 2.63. The number of rotatable bonds is 3. The van der Waals surface area contributed by atoms with E-state index in [1.54, 1.807) is 0 Å². The highest BCUT2D eigenvalue weighted by molar-refractivity contribution is 5.18. The van der Waals surface area contributed by atoms with Gasteiger partial charge in [-0.1, -0.05) is 26.3 Å². The summed E-state index contributed by atoms with van der Waals surface area (Å²) >= 11 is 0. The van der Waals surface area contributed by atoms with Crippen LogP contribution in [0.25, 0.3) is 0 Å². The molecule has 0 N–H and O–H groups in total. The standard InChI is InChI=1S/C10H11F9/c1-3-5(2)4-6(8(11,12)13)7(9(14,15)16)10(17,18)19/h4-5,7H,3H2,1-2H3/b6-4-. The average molecular weight is 302 g/mol. The topological polar surface area (TPSA) is 0 Å². The van der Waals surface area contributed by atoms with Gasteiger partial charge < -0.3 is 0 Å². The minimum Gasteiger partial charge on any atom is -0.170 e. The van der Waals surface area contributed by atoms with Gasteiger partial charge in [-0.05, 0) is 5.92 Å². The SMILES string of the molecule is CCC(C)/C=C(/C(C(F)(F)F)C(F)(F)F)C(F)(F)F. The molecule has 0 aliphatic heterocycles. The van der Waals surface area contributed by atoms with Crippen LogP contribution in [0.15, 0.2) is 11.6 Å². The molecule has 0 aromatic carbocycles. The molecule has 0 rings (SSSR count). The van der Waals surface area contributed by atoms with E-state index in [1.807, 2.05) is 0 Å². The number of hydrogen-bond donors (Lipinski definition) is 0. The van der Waals surface area contributed by atoms with Gasteiger partial charge in [0.2, 0.25) is 0 Å². The Morgan fingerprint density at radius 1 is 0.895 bits per heavy atom. The Labute approximate surface area is 103 Å². The number of hydrogen-bond acceptors (Lipinski definition) is 0. The van der Waals surface area contributed by atoms with Crippen molar-refractivity contribution in [2.75, 3.05) is 0 Å². The van der Waals surface area contributed by atoms with Gasteiger partial charge in [0, 0.05) is 0 Å². The number of alkyl halides is 9. The van der Waals surface area contributed by atoms with Crippen LogP contribution in [0.3, 0.4) is 0 Å². The lowest BCUT2D eigenvalue weighted by Gasteiger charge is -2.27. The molecule has 0 aromatic rings. The lowest BCUT2D eigenvalue weighted by Crippen LogP contribution is -2.42. The monoisotopic (exact) mass is 302 g/mol. The van der Waals surface area contributed by atoms with Crippen LogP contribution in [0.1, 0.15) is 20.3 Å². The molecule has 9 heteroatoms. The first-order valence-corrected chi connectivity index (χ1v) is 5.13. The first-order valence-electron chi connectivity index (χ1n) is 5.13. The van der Waals surface area contributed by atoms with E-state index in [9.17, 15) is 39.5 Å². The lowest BCUT2D eigenvalue weighted by molar-refractivity contribution is -0.283. The van der Waals surface area contributed by atoms with Crippen LogP contribution in [0, 0.1) is 11.8 Å². The van der Waals surface area contributed by atoms with Crippen molar-refractivity contribution in [3.8, 4) is 0 Å². The van der Waals surface area contributed by atoms with Crippen molar-refractivity contribution >= 4 is 0 Å². The summed E-state index contributed by atoms with van der Waals surface area (Å²) in [5.74, 6) is -5.57. The molecule has 0 spiro atoms. The van der Waals surface area contributed by atoms with Crippen LogP contribution < -0.4 is 0 Å².